The standard InChI is InChI=1S/C14H22N4O/c1-10-7-13(15)12(9-16-10)14(19)17-8-11-3-5-18(2)6-4-11/h7,9,11H,3-6,8H2,1-2H3,(H2,15,16)(H,17,19). The molecule has 3 N–H and O–H groups in total. The number of aryl methyl sites for hydroxylation is 1. The Bertz CT molecular complexity index is 453. The molecule has 1 fully saturated rings. The summed E-state index contributed by atoms with van der Waals surface area (Å²) in [7, 11) is 2.13. The lowest BCUT2D eigenvalue weighted by atomic mass is 9.97. The summed E-state index contributed by atoms with van der Waals surface area (Å²) in [6, 6.07) is 1.73. The Balaban J connectivity index is 1.87. The highest BCUT2D eigenvalue weighted by Gasteiger charge is 2.18. The van der Waals surface area contributed by atoms with Gasteiger partial charge in [-0.1, -0.05) is 0 Å². The molecule has 0 saturated carbocycles. The summed E-state index contributed by atoms with van der Waals surface area (Å²) in [6.07, 6.45) is 3.82. The van der Waals surface area contributed by atoms with Crippen molar-refractivity contribution in [1.82, 2.24) is 15.2 Å². The summed E-state index contributed by atoms with van der Waals surface area (Å²) in [5.74, 6) is 0.448. The van der Waals surface area contributed by atoms with Crippen molar-refractivity contribution in [3.05, 3.63) is 23.5 Å². The molecule has 0 aromatic carbocycles. The second-order valence-electron chi connectivity index (χ2n) is 5.37. The first-order valence-corrected chi connectivity index (χ1v) is 6.75. The molecule has 104 valence electrons. The molecule has 19 heavy (non-hydrogen) atoms. The third-order valence-electron chi connectivity index (χ3n) is 3.71. The number of hydrogen-bond acceptors (Lipinski definition) is 4. The van der Waals surface area contributed by atoms with Crippen LogP contribution in [0.15, 0.2) is 12.3 Å². The predicted octanol–water partition coefficient (Wildman–Crippen LogP) is 1.04. The highest BCUT2D eigenvalue weighted by atomic mass is 16.1. The van der Waals surface area contributed by atoms with Gasteiger partial charge in [-0.2, -0.15) is 0 Å². The average molecular weight is 262 g/mol. The van der Waals surface area contributed by atoms with Gasteiger partial charge in [-0.3, -0.25) is 9.78 Å². The van der Waals surface area contributed by atoms with E-state index in [1.165, 1.54) is 0 Å². The number of pyridine rings is 1. The molecule has 2 heterocycles. The summed E-state index contributed by atoms with van der Waals surface area (Å²) in [5.41, 5.74) is 7.63. The van der Waals surface area contributed by atoms with Gasteiger partial charge >= 0.3 is 0 Å². The van der Waals surface area contributed by atoms with Crippen LogP contribution in [0, 0.1) is 12.8 Å². The molecule has 0 bridgehead atoms. The lowest BCUT2D eigenvalue weighted by Crippen LogP contribution is -2.37. The highest BCUT2D eigenvalue weighted by molar-refractivity contribution is 5.98. The minimum atomic E-state index is -0.121. The van der Waals surface area contributed by atoms with Crippen molar-refractivity contribution < 1.29 is 4.79 Å². The van der Waals surface area contributed by atoms with Crippen molar-refractivity contribution in [2.75, 3.05) is 32.4 Å². The lowest BCUT2D eigenvalue weighted by Gasteiger charge is -2.28. The Hall–Kier alpha value is -1.62. The minimum absolute atomic E-state index is 0.121. The van der Waals surface area contributed by atoms with Crippen LogP contribution < -0.4 is 11.1 Å². The number of nitrogens with one attached hydrogen (secondary N) is 1. The van der Waals surface area contributed by atoms with Gasteiger partial charge < -0.3 is 16.0 Å². The van der Waals surface area contributed by atoms with Crippen molar-refractivity contribution in [1.29, 1.82) is 0 Å². The molecule has 1 saturated heterocycles. The average Bonchev–Trinajstić information content (AvgIpc) is 2.37. The van der Waals surface area contributed by atoms with Gasteiger partial charge in [0.15, 0.2) is 0 Å². The van der Waals surface area contributed by atoms with Crippen molar-refractivity contribution >= 4 is 11.6 Å². The summed E-state index contributed by atoms with van der Waals surface area (Å²) in [4.78, 5) is 18.5. The number of likely N-dealkylation sites (tertiary alicyclic amines) is 1. The van der Waals surface area contributed by atoms with Crippen LogP contribution in [0.3, 0.4) is 0 Å². The van der Waals surface area contributed by atoms with E-state index in [0.29, 0.717) is 17.2 Å². The fourth-order valence-electron chi connectivity index (χ4n) is 2.37. The van der Waals surface area contributed by atoms with Gasteiger partial charge in [-0.15, -0.1) is 0 Å². The van der Waals surface area contributed by atoms with E-state index < -0.39 is 0 Å². The smallest absolute Gasteiger partial charge is 0.254 e. The van der Waals surface area contributed by atoms with Gasteiger partial charge in [0.25, 0.3) is 5.91 Å². The van der Waals surface area contributed by atoms with E-state index >= 15 is 0 Å². The second-order valence-corrected chi connectivity index (χ2v) is 5.37. The van der Waals surface area contributed by atoms with Crippen LogP contribution in [0.1, 0.15) is 28.9 Å². The predicted molar refractivity (Wildman–Crippen MR) is 75.9 cm³/mol. The fourth-order valence-corrected chi connectivity index (χ4v) is 2.37. The molecule has 5 nitrogen and oxygen atoms in total. The molecule has 0 unspecified atom stereocenters. The summed E-state index contributed by atoms with van der Waals surface area (Å²) < 4.78 is 0. The lowest BCUT2D eigenvalue weighted by molar-refractivity contribution is 0.0939. The number of hydrogen-bond donors (Lipinski definition) is 2. The van der Waals surface area contributed by atoms with Crippen LogP contribution in [-0.2, 0) is 0 Å². The fraction of sp³-hybridized carbons (Fsp3) is 0.571. The number of carbonyl (C=O) groups is 1. The van der Waals surface area contributed by atoms with Crippen LogP contribution in [-0.4, -0.2) is 42.5 Å². The number of piperidine rings is 1. The van der Waals surface area contributed by atoms with Crippen LogP contribution in [0.4, 0.5) is 5.69 Å². The van der Waals surface area contributed by atoms with E-state index in [9.17, 15) is 4.79 Å². The maximum absolute atomic E-state index is 12.0. The van der Waals surface area contributed by atoms with Gasteiger partial charge in [0.05, 0.1) is 5.56 Å². The Morgan fingerprint density at radius 1 is 1.53 bits per heavy atom. The van der Waals surface area contributed by atoms with Crippen molar-refractivity contribution in [2.24, 2.45) is 5.92 Å². The molecule has 1 aromatic rings. The first kappa shape index (κ1) is 13.8. The summed E-state index contributed by atoms with van der Waals surface area (Å²) in [6.45, 7) is 4.79. The number of nitrogens with zero attached hydrogens (tertiary/aromatic N) is 2. The zero-order valence-corrected chi connectivity index (χ0v) is 11.6. The Morgan fingerprint density at radius 3 is 2.84 bits per heavy atom. The molecule has 1 aliphatic heterocycles. The van der Waals surface area contributed by atoms with Crippen molar-refractivity contribution in [3.63, 3.8) is 0 Å². The van der Waals surface area contributed by atoms with E-state index in [0.717, 1.165) is 38.2 Å². The molecule has 0 aliphatic carbocycles. The zero-order chi connectivity index (χ0) is 13.8. The maximum Gasteiger partial charge on any atom is 0.254 e. The molecule has 1 aromatic heterocycles. The first-order chi connectivity index (χ1) is 9.06. The van der Waals surface area contributed by atoms with Gasteiger partial charge in [0.1, 0.15) is 0 Å². The Kier molecular flexibility index (Phi) is 4.37. The minimum Gasteiger partial charge on any atom is -0.398 e. The van der Waals surface area contributed by atoms with E-state index in [4.69, 9.17) is 5.73 Å². The van der Waals surface area contributed by atoms with Crippen LogP contribution in [0.5, 0.6) is 0 Å². The molecule has 2 rings (SSSR count). The summed E-state index contributed by atoms with van der Waals surface area (Å²) >= 11 is 0. The largest absolute Gasteiger partial charge is 0.398 e. The zero-order valence-electron chi connectivity index (χ0n) is 11.6. The van der Waals surface area contributed by atoms with Crippen molar-refractivity contribution in [3.8, 4) is 0 Å². The number of anilines is 1. The number of rotatable bonds is 3. The van der Waals surface area contributed by atoms with E-state index in [1.54, 1.807) is 12.3 Å². The van der Waals surface area contributed by atoms with Gasteiger partial charge in [0.2, 0.25) is 0 Å². The van der Waals surface area contributed by atoms with Crippen molar-refractivity contribution in [2.45, 2.75) is 19.8 Å². The normalized spacial score (nSPS) is 17.4. The molecule has 0 atom stereocenters. The number of nitrogen functional groups attached to an aromatic ring is 1. The maximum atomic E-state index is 12.0. The molecule has 0 radical (unpaired) electrons. The molecular formula is C14H22N4O. The highest BCUT2D eigenvalue weighted by Crippen LogP contribution is 2.16. The molecule has 1 aliphatic rings. The Morgan fingerprint density at radius 2 is 2.21 bits per heavy atom. The SMILES string of the molecule is Cc1cc(N)c(C(=O)NCC2CCN(C)CC2)cn1. The van der Waals surface area contributed by atoms with E-state index in [1.807, 2.05) is 6.92 Å². The van der Waals surface area contributed by atoms with E-state index in [2.05, 4.69) is 22.2 Å². The van der Waals surface area contributed by atoms with Gasteiger partial charge in [-0.25, -0.2) is 0 Å². The van der Waals surface area contributed by atoms with Crippen LogP contribution in [0.2, 0.25) is 0 Å². The van der Waals surface area contributed by atoms with Crippen LogP contribution >= 0.6 is 0 Å². The second kappa shape index (κ2) is 6.02. The van der Waals surface area contributed by atoms with Gasteiger partial charge in [0, 0.05) is 24.1 Å². The van der Waals surface area contributed by atoms with Gasteiger partial charge in [-0.05, 0) is 51.9 Å². The number of aromatic nitrogens is 1. The number of amides is 1. The van der Waals surface area contributed by atoms with E-state index in [-0.39, 0.29) is 5.91 Å². The summed E-state index contributed by atoms with van der Waals surface area (Å²) in [5, 5.41) is 2.97. The quantitative estimate of drug-likeness (QED) is 0.854. The Labute approximate surface area is 114 Å². The number of nitrogens with two attached hydrogens (primary N) is 1. The third-order valence-corrected chi connectivity index (χ3v) is 3.71. The van der Waals surface area contributed by atoms with Crippen LogP contribution in [0.25, 0.3) is 0 Å². The third kappa shape index (κ3) is 3.67. The molecular weight excluding hydrogens is 240 g/mol. The molecule has 0 spiro atoms. The molecule has 1 amide bonds. The number of carbonyl (C=O) groups excluding carboxylic acids is 1. The first-order valence-electron chi connectivity index (χ1n) is 6.75. The topological polar surface area (TPSA) is 71.2 Å². The monoisotopic (exact) mass is 262 g/mol. The molecule has 5 heteroatoms.